The maximum absolute atomic E-state index is 12.8. The number of carbonyl (C=O) groups excluding carboxylic acids is 1. The van der Waals surface area contributed by atoms with Crippen molar-refractivity contribution in [1.29, 1.82) is 0 Å². The van der Waals surface area contributed by atoms with Crippen LogP contribution in [-0.4, -0.2) is 22.6 Å². The maximum atomic E-state index is 12.8. The predicted molar refractivity (Wildman–Crippen MR) is 112 cm³/mol. The van der Waals surface area contributed by atoms with Gasteiger partial charge in [-0.15, -0.1) is 0 Å². The van der Waals surface area contributed by atoms with Crippen molar-refractivity contribution in [1.82, 2.24) is 9.55 Å². The molecular weight excluding hydrogens is 390 g/mol. The third-order valence-electron chi connectivity index (χ3n) is 4.49. The minimum absolute atomic E-state index is 0.233. The van der Waals surface area contributed by atoms with E-state index in [1.54, 1.807) is 68.0 Å². The van der Waals surface area contributed by atoms with Crippen molar-refractivity contribution in [2.75, 3.05) is 12.4 Å². The molecule has 29 heavy (non-hydrogen) atoms. The number of anilines is 1. The molecule has 2 aromatic carbocycles. The van der Waals surface area contributed by atoms with Crippen molar-refractivity contribution in [2.24, 2.45) is 0 Å². The van der Waals surface area contributed by atoms with E-state index in [0.717, 1.165) is 0 Å². The minimum Gasteiger partial charge on any atom is -0.497 e. The number of nitrogens with one attached hydrogen (secondary N) is 2. The molecule has 0 spiro atoms. The van der Waals surface area contributed by atoms with Gasteiger partial charge < -0.3 is 19.5 Å². The lowest BCUT2D eigenvalue weighted by molar-refractivity contribution is 0.102. The van der Waals surface area contributed by atoms with Gasteiger partial charge in [-0.1, -0.05) is 0 Å². The Kier molecular flexibility index (Phi) is 5.01. The third kappa shape index (κ3) is 3.83. The Morgan fingerprint density at radius 3 is 2.69 bits per heavy atom. The summed E-state index contributed by atoms with van der Waals surface area (Å²) in [6.07, 6.45) is 1.54. The molecule has 8 heteroatoms. The Hall–Kier alpha value is -3.65. The smallest absolute Gasteiger partial charge is 0.262 e. The Morgan fingerprint density at radius 2 is 2.00 bits per heavy atom. The molecule has 0 saturated carbocycles. The molecule has 0 aliphatic carbocycles. The van der Waals surface area contributed by atoms with Crippen LogP contribution >= 0.6 is 12.2 Å². The standard InChI is InChI=1S/C21H17N3O4S/c1-27-15-7-5-14(6-8-15)22-19(25)13-4-9-17-18(11-13)23-21(29)24(20(17)26)12-16-3-2-10-28-16/h2-11H,12H2,1H3,(H,22,25)(H,23,29). The second-order valence-corrected chi connectivity index (χ2v) is 6.73. The molecule has 2 aromatic heterocycles. The molecule has 0 radical (unpaired) electrons. The van der Waals surface area contributed by atoms with E-state index in [2.05, 4.69) is 10.3 Å². The molecule has 4 aromatic rings. The number of methoxy groups -OCH3 is 1. The van der Waals surface area contributed by atoms with Crippen molar-refractivity contribution in [2.45, 2.75) is 6.54 Å². The lowest BCUT2D eigenvalue weighted by Gasteiger charge is -2.09. The number of benzene rings is 2. The molecule has 0 saturated heterocycles. The molecule has 2 N–H and O–H groups in total. The summed E-state index contributed by atoms with van der Waals surface area (Å²) >= 11 is 5.33. The number of ether oxygens (including phenoxy) is 1. The van der Waals surface area contributed by atoms with Gasteiger partial charge in [0.1, 0.15) is 11.5 Å². The largest absolute Gasteiger partial charge is 0.497 e. The summed E-state index contributed by atoms with van der Waals surface area (Å²) in [4.78, 5) is 28.4. The second-order valence-electron chi connectivity index (χ2n) is 6.34. The number of nitrogens with zero attached hydrogens (tertiary/aromatic N) is 1. The van der Waals surface area contributed by atoms with E-state index in [4.69, 9.17) is 21.4 Å². The van der Waals surface area contributed by atoms with Gasteiger partial charge in [-0.3, -0.25) is 14.2 Å². The van der Waals surface area contributed by atoms with E-state index >= 15 is 0 Å². The summed E-state index contributed by atoms with van der Waals surface area (Å²) in [6.45, 7) is 0.233. The van der Waals surface area contributed by atoms with Crippen LogP contribution in [0.15, 0.2) is 70.1 Å². The Balaban J connectivity index is 1.64. The van der Waals surface area contributed by atoms with E-state index in [1.165, 1.54) is 4.57 Å². The number of hydrogen-bond donors (Lipinski definition) is 2. The summed E-state index contributed by atoms with van der Waals surface area (Å²) in [5.41, 5.74) is 1.29. The van der Waals surface area contributed by atoms with Crippen LogP contribution in [0.3, 0.4) is 0 Å². The van der Waals surface area contributed by atoms with E-state index < -0.39 is 0 Å². The molecule has 0 atom stereocenters. The number of aromatic amines is 1. The molecule has 146 valence electrons. The van der Waals surface area contributed by atoms with Crippen LogP contribution < -0.4 is 15.6 Å². The highest BCUT2D eigenvalue weighted by Crippen LogP contribution is 2.17. The molecule has 4 rings (SSSR count). The SMILES string of the molecule is COc1ccc(NC(=O)c2ccc3c(=O)n(Cc4ccco4)c(=S)[nH]c3c2)cc1. The van der Waals surface area contributed by atoms with Crippen molar-refractivity contribution < 1.29 is 13.9 Å². The average molecular weight is 407 g/mol. The van der Waals surface area contributed by atoms with E-state index in [1.807, 2.05) is 0 Å². The fourth-order valence-electron chi connectivity index (χ4n) is 2.98. The molecule has 0 aliphatic rings. The molecule has 7 nitrogen and oxygen atoms in total. The summed E-state index contributed by atoms with van der Waals surface area (Å²) in [5.74, 6) is 1.03. The first-order valence-electron chi connectivity index (χ1n) is 8.80. The number of amides is 1. The highest BCUT2D eigenvalue weighted by Gasteiger charge is 2.12. The van der Waals surface area contributed by atoms with Crippen LogP contribution in [0.25, 0.3) is 10.9 Å². The number of fused-ring (bicyclic) bond motifs is 1. The number of carbonyl (C=O) groups is 1. The Labute approximate surface area is 170 Å². The molecule has 0 aliphatic heterocycles. The number of rotatable bonds is 5. The van der Waals surface area contributed by atoms with Gasteiger partial charge in [0.2, 0.25) is 0 Å². The van der Waals surface area contributed by atoms with Gasteiger partial charge >= 0.3 is 0 Å². The molecule has 0 fully saturated rings. The lowest BCUT2D eigenvalue weighted by Crippen LogP contribution is -2.23. The Morgan fingerprint density at radius 1 is 1.21 bits per heavy atom. The van der Waals surface area contributed by atoms with Gasteiger partial charge in [-0.2, -0.15) is 0 Å². The van der Waals surface area contributed by atoms with Gasteiger partial charge in [0.15, 0.2) is 4.77 Å². The Bertz CT molecular complexity index is 1290. The van der Waals surface area contributed by atoms with Crippen molar-refractivity contribution >= 4 is 34.7 Å². The van der Waals surface area contributed by atoms with Crippen LogP contribution in [0.2, 0.25) is 0 Å². The molecule has 0 unspecified atom stereocenters. The number of hydrogen-bond acceptors (Lipinski definition) is 5. The number of H-pyrrole nitrogens is 1. The van der Waals surface area contributed by atoms with Crippen LogP contribution in [0.1, 0.15) is 16.1 Å². The van der Waals surface area contributed by atoms with Crippen LogP contribution in [0.4, 0.5) is 5.69 Å². The normalized spacial score (nSPS) is 10.8. The first-order valence-corrected chi connectivity index (χ1v) is 9.20. The summed E-state index contributed by atoms with van der Waals surface area (Å²) in [5, 5.41) is 3.25. The highest BCUT2D eigenvalue weighted by atomic mass is 32.1. The molecule has 0 bridgehead atoms. The van der Waals surface area contributed by atoms with Crippen LogP contribution in [0, 0.1) is 4.77 Å². The molecule has 1 amide bonds. The van der Waals surface area contributed by atoms with Gasteiger partial charge in [0.05, 0.1) is 30.8 Å². The van der Waals surface area contributed by atoms with E-state index in [0.29, 0.717) is 33.7 Å². The highest BCUT2D eigenvalue weighted by molar-refractivity contribution is 7.71. The first-order chi connectivity index (χ1) is 14.0. The van der Waals surface area contributed by atoms with E-state index in [9.17, 15) is 9.59 Å². The summed E-state index contributed by atoms with van der Waals surface area (Å²) in [7, 11) is 1.58. The quantitative estimate of drug-likeness (QED) is 0.489. The average Bonchev–Trinajstić information content (AvgIpc) is 3.24. The van der Waals surface area contributed by atoms with Gasteiger partial charge in [0.25, 0.3) is 11.5 Å². The lowest BCUT2D eigenvalue weighted by atomic mass is 10.1. The molecule has 2 heterocycles. The van der Waals surface area contributed by atoms with Gasteiger partial charge in [0, 0.05) is 11.3 Å². The fraction of sp³-hybridized carbons (Fsp3) is 0.0952. The molecular formula is C21H17N3O4S. The van der Waals surface area contributed by atoms with Crippen LogP contribution in [0.5, 0.6) is 5.75 Å². The zero-order valence-electron chi connectivity index (χ0n) is 15.5. The topological polar surface area (TPSA) is 89.3 Å². The van der Waals surface area contributed by atoms with E-state index in [-0.39, 0.29) is 22.8 Å². The summed E-state index contributed by atoms with van der Waals surface area (Å²) in [6, 6.07) is 15.4. The van der Waals surface area contributed by atoms with Crippen molar-refractivity contribution in [3.8, 4) is 5.75 Å². The first kappa shape index (κ1) is 18.7. The minimum atomic E-state index is -0.295. The van der Waals surface area contributed by atoms with Crippen molar-refractivity contribution in [3.63, 3.8) is 0 Å². The number of aromatic nitrogens is 2. The van der Waals surface area contributed by atoms with Gasteiger partial charge in [-0.05, 0) is 66.8 Å². The zero-order chi connectivity index (χ0) is 20.4. The summed E-state index contributed by atoms with van der Waals surface area (Å²) < 4.78 is 12.1. The second kappa shape index (κ2) is 7.76. The third-order valence-corrected chi connectivity index (χ3v) is 4.81. The van der Waals surface area contributed by atoms with Crippen LogP contribution in [-0.2, 0) is 6.54 Å². The maximum Gasteiger partial charge on any atom is 0.262 e. The fourth-order valence-corrected chi connectivity index (χ4v) is 3.23. The predicted octanol–water partition coefficient (Wildman–Crippen LogP) is 3.96. The number of furan rings is 1. The van der Waals surface area contributed by atoms with Gasteiger partial charge in [-0.25, -0.2) is 0 Å². The monoisotopic (exact) mass is 407 g/mol. The van der Waals surface area contributed by atoms with Crippen molar-refractivity contribution in [3.05, 3.63) is 87.3 Å². The zero-order valence-corrected chi connectivity index (χ0v) is 16.3.